The summed E-state index contributed by atoms with van der Waals surface area (Å²) in [5.41, 5.74) is 3.96. The molecule has 0 spiro atoms. The largest absolute Gasteiger partial charge is 0.469 e. The summed E-state index contributed by atoms with van der Waals surface area (Å²) in [4.78, 5) is 24.8. The Balaban J connectivity index is 1.43. The monoisotopic (exact) mass is 444 g/mol. The average molecular weight is 445 g/mol. The highest BCUT2D eigenvalue weighted by molar-refractivity contribution is 7.99. The van der Waals surface area contributed by atoms with E-state index in [4.69, 9.17) is 4.42 Å². The summed E-state index contributed by atoms with van der Waals surface area (Å²) in [6, 6.07) is 17.0. The molecular weight excluding hydrogens is 424 g/mol. The SMILES string of the molecule is Cc1occc1-c1nnc(SCC(=O)c2ccc3c(c2)[C@@H](C)C(=O)N3)n1-c1ccccc1. The summed E-state index contributed by atoms with van der Waals surface area (Å²) in [7, 11) is 0. The third-order valence-electron chi connectivity index (χ3n) is 5.57. The number of anilines is 1. The van der Waals surface area contributed by atoms with Crippen molar-refractivity contribution in [3.8, 4) is 17.1 Å². The van der Waals surface area contributed by atoms with Gasteiger partial charge in [-0.25, -0.2) is 0 Å². The maximum absolute atomic E-state index is 12.9. The molecule has 1 N–H and O–H groups in total. The van der Waals surface area contributed by atoms with Crippen molar-refractivity contribution >= 4 is 29.1 Å². The molecule has 1 aliphatic heterocycles. The van der Waals surface area contributed by atoms with Gasteiger partial charge in [-0.1, -0.05) is 30.0 Å². The van der Waals surface area contributed by atoms with Crippen LogP contribution in [0.2, 0.25) is 0 Å². The van der Waals surface area contributed by atoms with Crippen LogP contribution in [0, 0.1) is 6.92 Å². The number of para-hydroxylation sites is 1. The molecule has 7 nitrogen and oxygen atoms in total. The molecule has 0 bridgehead atoms. The van der Waals surface area contributed by atoms with Crippen molar-refractivity contribution in [3.05, 3.63) is 77.7 Å². The molecule has 160 valence electrons. The number of nitrogens with one attached hydrogen (secondary N) is 1. The molecular formula is C24H20N4O3S. The number of aryl methyl sites for hydroxylation is 1. The molecule has 2 aromatic heterocycles. The van der Waals surface area contributed by atoms with Crippen LogP contribution in [-0.2, 0) is 4.79 Å². The average Bonchev–Trinajstić information content (AvgIpc) is 3.50. The quantitative estimate of drug-likeness (QED) is 0.337. The van der Waals surface area contributed by atoms with Crippen molar-refractivity contribution in [2.24, 2.45) is 0 Å². The molecule has 5 rings (SSSR count). The van der Waals surface area contributed by atoms with Gasteiger partial charge in [0.25, 0.3) is 0 Å². The normalized spacial score (nSPS) is 14.9. The molecule has 0 unspecified atom stereocenters. The second-order valence-corrected chi connectivity index (χ2v) is 8.53. The molecule has 1 atom stereocenters. The first-order chi connectivity index (χ1) is 15.5. The Labute approximate surface area is 188 Å². The number of Topliss-reactive ketones (excluding diaryl/α,β-unsaturated/α-hetero) is 1. The van der Waals surface area contributed by atoms with E-state index in [1.165, 1.54) is 11.8 Å². The third-order valence-corrected chi connectivity index (χ3v) is 6.50. The van der Waals surface area contributed by atoms with Gasteiger partial charge >= 0.3 is 0 Å². The maximum atomic E-state index is 12.9. The lowest BCUT2D eigenvalue weighted by Crippen LogP contribution is -2.08. The predicted octanol–water partition coefficient (Wildman–Crippen LogP) is 4.87. The van der Waals surface area contributed by atoms with E-state index in [2.05, 4.69) is 15.5 Å². The minimum absolute atomic E-state index is 0.0343. The third kappa shape index (κ3) is 3.52. The van der Waals surface area contributed by atoms with Crippen LogP contribution in [-0.4, -0.2) is 32.2 Å². The topological polar surface area (TPSA) is 90.0 Å². The smallest absolute Gasteiger partial charge is 0.231 e. The molecule has 0 aliphatic carbocycles. The van der Waals surface area contributed by atoms with Crippen LogP contribution in [0.5, 0.6) is 0 Å². The van der Waals surface area contributed by atoms with E-state index in [0.29, 0.717) is 16.5 Å². The summed E-state index contributed by atoms with van der Waals surface area (Å²) in [5, 5.41) is 12.2. The van der Waals surface area contributed by atoms with E-state index in [1.807, 2.05) is 60.9 Å². The Bertz CT molecular complexity index is 1330. The van der Waals surface area contributed by atoms with E-state index in [0.717, 1.165) is 28.3 Å². The van der Waals surface area contributed by atoms with Gasteiger partial charge in [0.05, 0.1) is 23.5 Å². The first-order valence-electron chi connectivity index (χ1n) is 10.2. The number of fused-ring (bicyclic) bond motifs is 1. The van der Waals surface area contributed by atoms with Gasteiger partial charge in [0, 0.05) is 16.9 Å². The van der Waals surface area contributed by atoms with Gasteiger partial charge in [-0.15, -0.1) is 10.2 Å². The number of hydrogen-bond acceptors (Lipinski definition) is 6. The van der Waals surface area contributed by atoms with Gasteiger partial charge in [-0.2, -0.15) is 0 Å². The Morgan fingerprint density at radius 3 is 2.72 bits per heavy atom. The molecule has 3 heterocycles. The van der Waals surface area contributed by atoms with Gasteiger partial charge in [-0.05, 0) is 55.8 Å². The highest BCUT2D eigenvalue weighted by Crippen LogP contribution is 2.34. The molecule has 0 radical (unpaired) electrons. The van der Waals surface area contributed by atoms with Gasteiger partial charge < -0.3 is 9.73 Å². The van der Waals surface area contributed by atoms with Crippen LogP contribution >= 0.6 is 11.8 Å². The summed E-state index contributed by atoms with van der Waals surface area (Å²) in [6.45, 7) is 3.72. The number of aromatic nitrogens is 3. The molecule has 2 aromatic carbocycles. The maximum Gasteiger partial charge on any atom is 0.231 e. The van der Waals surface area contributed by atoms with Crippen LogP contribution in [0.4, 0.5) is 5.69 Å². The lowest BCUT2D eigenvalue weighted by atomic mass is 9.99. The molecule has 1 aliphatic rings. The van der Waals surface area contributed by atoms with Crippen LogP contribution < -0.4 is 5.32 Å². The predicted molar refractivity (Wildman–Crippen MR) is 122 cm³/mol. The molecule has 8 heteroatoms. The number of carbonyl (C=O) groups excluding carboxylic acids is 2. The Kier molecular flexibility index (Phi) is 5.14. The standard InChI is InChI=1S/C24H20N4O3S/c1-14-19-12-16(8-9-20(19)25-23(14)30)21(29)13-32-24-27-26-22(18-10-11-31-15(18)2)28(24)17-6-4-3-5-7-17/h3-12,14H,13H2,1-2H3,(H,25,30)/t14-/m1/s1. The molecule has 0 fully saturated rings. The second-order valence-electron chi connectivity index (χ2n) is 7.59. The van der Waals surface area contributed by atoms with Crippen LogP contribution in [0.25, 0.3) is 17.1 Å². The van der Waals surface area contributed by atoms with Crippen LogP contribution in [0.3, 0.4) is 0 Å². The van der Waals surface area contributed by atoms with Crippen molar-refractivity contribution in [2.45, 2.75) is 24.9 Å². The Morgan fingerprint density at radius 1 is 1.16 bits per heavy atom. The zero-order valence-electron chi connectivity index (χ0n) is 17.5. The van der Waals surface area contributed by atoms with Gasteiger partial charge in [0.1, 0.15) is 5.76 Å². The molecule has 4 aromatic rings. The number of furan rings is 1. The first kappa shape index (κ1) is 20.3. The molecule has 1 amide bonds. The molecule has 0 saturated carbocycles. The fourth-order valence-electron chi connectivity index (χ4n) is 3.77. The van der Waals surface area contributed by atoms with Crippen molar-refractivity contribution in [2.75, 3.05) is 11.1 Å². The fraction of sp³-hybridized carbons (Fsp3) is 0.167. The zero-order valence-corrected chi connectivity index (χ0v) is 18.3. The Morgan fingerprint density at radius 2 is 1.97 bits per heavy atom. The van der Waals surface area contributed by atoms with E-state index in [9.17, 15) is 9.59 Å². The minimum atomic E-state index is -0.257. The number of ketones is 1. The van der Waals surface area contributed by atoms with Crippen LogP contribution in [0.1, 0.15) is 34.5 Å². The summed E-state index contributed by atoms with van der Waals surface area (Å²) in [6.07, 6.45) is 1.62. The van der Waals surface area contributed by atoms with Crippen LogP contribution in [0.15, 0.2) is 70.4 Å². The number of thioether (sulfide) groups is 1. The number of nitrogens with zero attached hydrogens (tertiary/aromatic N) is 3. The minimum Gasteiger partial charge on any atom is -0.469 e. The molecule has 0 saturated heterocycles. The van der Waals surface area contributed by atoms with Gasteiger partial charge in [0.2, 0.25) is 5.91 Å². The van der Waals surface area contributed by atoms with Gasteiger partial charge in [-0.3, -0.25) is 14.2 Å². The van der Waals surface area contributed by atoms with E-state index in [-0.39, 0.29) is 23.4 Å². The Hall–Kier alpha value is -3.65. The molecule has 32 heavy (non-hydrogen) atoms. The highest BCUT2D eigenvalue weighted by Gasteiger charge is 2.27. The lowest BCUT2D eigenvalue weighted by Gasteiger charge is -2.10. The van der Waals surface area contributed by atoms with E-state index >= 15 is 0 Å². The lowest BCUT2D eigenvalue weighted by molar-refractivity contribution is -0.116. The van der Waals surface area contributed by atoms with Gasteiger partial charge in [0.15, 0.2) is 16.8 Å². The number of hydrogen-bond donors (Lipinski definition) is 1. The number of carbonyl (C=O) groups is 2. The zero-order chi connectivity index (χ0) is 22.2. The summed E-state index contributed by atoms with van der Waals surface area (Å²) < 4.78 is 7.39. The first-order valence-corrected chi connectivity index (χ1v) is 11.2. The second kappa shape index (κ2) is 8.12. The van der Waals surface area contributed by atoms with Crippen molar-refractivity contribution in [1.82, 2.24) is 14.8 Å². The van der Waals surface area contributed by atoms with E-state index < -0.39 is 0 Å². The van der Waals surface area contributed by atoms with Crippen molar-refractivity contribution in [1.29, 1.82) is 0 Å². The van der Waals surface area contributed by atoms with Crippen molar-refractivity contribution < 1.29 is 14.0 Å². The number of amides is 1. The van der Waals surface area contributed by atoms with Crippen molar-refractivity contribution in [3.63, 3.8) is 0 Å². The summed E-state index contributed by atoms with van der Waals surface area (Å²) in [5.74, 6) is 1.27. The fourth-order valence-corrected chi connectivity index (χ4v) is 4.61. The summed E-state index contributed by atoms with van der Waals surface area (Å²) >= 11 is 1.33. The highest BCUT2D eigenvalue weighted by atomic mass is 32.2. The van der Waals surface area contributed by atoms with E-state index in [1.54, 1.807) is 18.4 Å². The number of rotatable bonds is 6. The number of benzene rings is 2.